The highest BCUT2D eigenvalue weighted by molar-refractivity contribution is 5.88. The zero-order valence-corrected chi connectivity index (χ0v) is 11.5. The number of aromatic nitrogens is 1. The molecule has 3 rings (SSSR count). The third kappa shape index (κ3) is 2.86. The number of halogens is 1. The molecule has 108 valence electrons. The van der Waals surface area contributed by atoms with Gasteiger partial charge in [0.25, 0.3) is 0 Å². The van der Waals surface area contributed by atoms with Crippen molar-refractivity contribution in [1.82, 2.24) is 4.98 Å². The molecule has 22 heavy (non-hydrogen) atoms. The molecular weight excluding hydrogens is 281 g/mol. The quantitative estimate of drug-likeness (QED) is 0.785. The molecule has 0 aliphatic heterocycles. The summed E-state index contributed by atoms with van der Waals surface area (Å²) in [5, 5.41) is 8.92. The van der Waals surface area contributed by atoms with E-state index in [1.54, 1.807) is 36.4 Å². The van der Waals surface area contributed by atoms with E-state index >= 15 is 0 Å². The fraction of sp³-hybridized carbons (Fsp3) is 0. The van der Waals surface area contributed by atoms with Crippen molar-refractivity contribution in [2.24, 2.45) is 0 Å². The second-order valence-electron chi connectivity index (χ2n) is 4.80. The van der Waals surface area contributed by atoms with Crippen LogP contribution in [0.1, 0.15) is 10.4 Å². The third-order valence-corrected chi connectivity index (χ3v) is 3.32. The maximum Gasteiger partial charge on any atom is 0.335 e. The van der Waals surface area contributed by atoms with Gasteiger partial charge in [-0.05, 0) is 48.5 Å². The van der Waals surface area contributed by atoms with Crippen molar-refractivity contribution < 1.29 is 14.3 Å². The molecule has 1 heterocycles. The molecular formula is C18H12FNO2. The summed E-state index contributed by atoms with van der Waals surface area (Å²) in [4.78, 5) is 15.4. The molecule has 0 atom stereocenters. The van der Waals surface area contributed by atoms with Crippen LogP contribution in [0.5, 0.6) is 0 Å². The first-order valence-electron chi connectivity index (χ1n) is 6.70. The van der Waals surface area contributed by atoms with Gasteiger partial charge in [0, 0.05) is 11.1 Å². The van der Waals surface area contributed by atoms with Crippen LogP contribution in [-0.2, 0) is 0 Å². The van der Waals surface area contributed by atoms with Gasteiger partial charge in [-0.2, -0.15) is 0 Å². The molecule has 0 spiro atoms. The Morgan fingerprint density at radius 3 is 1.82 bits per heavy atom. The smallest absolute Gasteiger partial charge is 0.335 e. The summed E-state index contributed by atoms with van der Waals surface area (Å²) in [5.74, 6) is -1.25. The Kier molecular flexibility index (Phi) is 3.66. The second-order valence-corrected chi connectivity index (χ2v) is 4.80. The standard InChI is InChI=1S/C18H12FNO2/c19-15-10-8-13(9-11-15)17-3-1-2-16(20-17)12-4-6-14(7-5-12)18(21)22/h1-11H,(H,21,22). The van der Waals surface area contributed by atoms with Crippen molar-refractivity contribution in [3.8, 4) is 22.5 Å². The summed E-state index contributed by atoms with van der Waals surface area (Å²) in [6.45, 7) is 0. The number of nitrogens with zero attached hydrogens (tertiary/aromatic N) is 1. The first-order valence-corrected chi connectivity index (χ1v) is 6.70. The van der Waals surface area contributed by atoms with Crippen LogP contribution in [0.15, 0.2) is 66.7 Å². The molecule has 0 saturated heterocycles. The van der Waals surface area contributed by atoms with E-state index in [2.05, 4.69) is 4.98 Å². The number of carboxylic acid groups (broad SMARTS) is 1. The summed E-state index contributed by atoms with van der Waals surface area (Å²) in [6.07, 6.45) is 0. The summed E-state index contributed by atoms with van der Waals surface area (Å²) in [6, 6.07) is 18.2. The fourth-order valence-corrected chi connectivity index (χ4v) is 2.16. The van der Waals surface area contributed by atoms with Crippen molar-refractivity contribution in [2.75, 3.05) is 0 Å². The van der Waals surface area contributed by atoms with Crippen molar-refractivity contribution in [3.05, 3.63) is 78.1 Å². The van der Waals surface area contributed by atoms with E-state index in [0.717, 1.165) is 22.5 Å². The molecule has 0 radical (unpaired) electrons. The minimum atomic E-state index is -0.959. The van der Waals surface area contributed by atoms with Crippen molar-refractivity contribution >= 4 is 5.97 Å². The Bertz CT molecular complexity index is 811. The topological polar surface area (TPSA) is 50.2 Å². The van der Waals surface area contributed by atoms with Crippen LogP contribution in [-0.4, -0.2) is 16.1 Å². The normalized spacial score (nSPS) is 10.4. The summed E-state index contributed by atoms with van der Waals surface area (Å²) >= 11 is 0. The van der Waals surface area contributed by atoms with Crippen LogP contribution in [0.3, 0.4) is 0 Å². The Hall–Kier alpha value is -3.01. The predicted molar refractivity (Wildman–Crippen MR) is 82.0 cm³/mol. The zero-order valence-electron chi connectivity index (χ0n) is 11.5. The van der Waals surface area contributed by atoms with Gasteiger partial charge in [-0.3, -0.25) is 0 Å². The molecule has 2 aromatic carbocycles. The van der Waals surface area contributed by atoms with Crippen LogP contribution in [0, 0.1) is 5.82 Å². The molecule has 0 fully saturated rings. The molecule has 3 aromatic rings. The van der Waals surface area contributed by atoms with Gasteiger partial charge in [0.15, 0.2) is 0 Å². The van der Waals surface area contributed by atoms with E-state index in [-0.39, 0.29) is 11.4 Å². The molecule has 0 bridgehead atoms. The van der Waals surface area contributed by atoms with E-state index < -0.39 is 5.97 Å². The molecule has 1 aromatic heterocycles. The maximum absolute atomic E-state index is 13.0. The van der Waals surface area contributed by atoms with E-state index in [9.17, 15) is 9.18 Å². The van der Waals surface area contributed by atoms with E-state index in [1.807, 2.05) is 18.2 Å². The van der Waals surface area contributed by atoms with Crippen LogP contribution >= 0.6 is 0 Å². The fourth-order valence-electron chi connectivity index (χ4n) is 2.16. The van der Waals surface area contributed by atoms with E-state index in [4.69, 9.17) is 5.11 Å². The van der Waals surface area contributed by atoms with Gasteiger partial charge < -0.3 is 5.11 Å². The van der Waals surface area contributed by atoms with Gasteiger partial charge in [0.05, 0.1) is 17.0 Å². The Labute approximate surface area is 126 Å². The molecule has 0 saturated carbocycles. The number of aromatic carboxylic acids is 1. The minimum absolute atomic E-state index is 0.235. The average molecular weight is 293 g/mol. The number of pyridine rings is 1. The number of rotatable bonds is 3. The zero-order chi connectivity index (χ0) is 15.5. The number of hydrogen-bond donors (Lipinski definition) is 1. The largest absolute Gasteiger partial charge is 0.478 e. The van der Waals surface area contributed by atoms with Gasteiger partial charge >= 0.3 is 5.97 Å². The SMILES string of the molecule is O=C(O)c1ccc(-c2cccc(-c3ccc(F)cc3)n2)cc1. The summed E-state index contributed by atoms with van der Waals surface area (Å²) in [5.41, 5.74) is 3.36. The highest BCUT2D eigenvalue weighted by Crippen LogP contribution is 2.23. The molecule has 1 N–H and O–H groups in total. The summed E-state index contributed by atoms with van der Waals surface area (Å²) < 4.78 is 13.0. The van der Waals surface area contributed by atoms with Crippen molar-refractivity contribution in [1.29, 1.82) is 0 Å². The van der Waals surface area contributed by atoms with Gasteiger partial charge in [0.1, 0.15) is 5.82 Å². The Morgan fingerprint density at radius 1 is 0.818 bits per heavy atom. The number of carboxylic acids is 1. The molecule has 3 nitrogen and oxygen atoms in total. The van der Waals surface area contributed by atoms with Gasteiger partial charge in [0.2, 0.25) is 0 Å². The molecule has 0 unspecified atom stereocenters. The van der Waals surface area contributed by atoms with Crippen molar-refractivity contribution in [2.45, 2.75) is 0 Å². The maximum atomic E-state index is 13.0. The van der Waals surface area contributed by atoms with Crippen molar-refractivity contribution in [3.63, 3.8) is 0 Å². The Morgan fingerprint density at radius 2 is 1.32 bits per heavy atom. The van der Waals surface area contributed by atoms with Crippen LogP contribution in [0.25, 0.3) is 22.5 Å². The van der Waals surface area contributed by atoms with Gasteiger partial charge in [-0.1, -0.05) is 18.2 Å². The van der Waals surface area contributed by atoms with E-state index in [1.165, 1.54) is 12.1 Å². The average Bonchev–Trinajstić information content (AvgIpc) is 2.56. The number of hydrogen-bond acceptors (Lipinski definition) is 2. The Balaban J connectivity index is 1.97. The lowest BCUT2D eigenvalue weighted by molar-refractivity contribution is 0.0697. The first kappa shape index (κ1) is 13.9. The number of benzene rings is 2. The lowest BCUT2D eigenvalue weighted by Crippen LogP contribution is -1.95. The van der Waals surface area contributed by atoms with Gasteiger partial charge in [-0.15, -0.1) is 0 Å². The van der Waals surface area contributed by atoms with Gasteiger partial charge in [-0.25, -0.2) is 14.2 Å². The molecule has 0 aliphatic rings. The predicted octanol–water partition coefficient (Wildman–Crippen LogP) is 4.25. The van der Waals surface area contributed by atoms with Crippen LogP contribution in [0.2, 0.25) is 0 Å². The van der Waals surface area contributed by atoms with E-state index in [0.29, 0.717) is 0 Å². The monoisotopic (exact) mass is 293 g/mol. The van der Waals surface area contributed by atoms with Crippen LogP contribution in [0.4, 0.5) is 4.39 Å². The highest BCUT2D eigenvalue weighted by atomic mass is 19.1. The highest BCUT2D eigenvalue weighted by Gasteiger charge is 2.06. The number of carbonyl (C=O) groups is 1. The molecule has 0 aliphatic carbocycles. The summed E-state index contributed by atoms with van der Waals surface area (Å²) in [7, 11) is 0. The lowest BCUT2D eigenvalue weighted by Gasteiger charge is -2.05. The third-order valence-electron chi connectivity index (χ3n) is 3.32. The minimum Gasteiger partial charge on any atom is -0.478 e. The lowest BCUT2D eigenvalue weighted by atomic mass is 10.1. The second kappa shape index (κ2) is 5.77. The molecule has 0 amide bonds. The molecule has 4 heteroatoms. The van der Waals surface area contributed by atoms with Crippen LogP contribution < -0.4 is 0 Å². The first-order chi connectivity index (χ1) is 10.6.